The van der Waals surface area contributed by atoms with Gasteiger partial charge in [0.1, 0.15) is 11.4 Å². The Labute approximate surface area is 212 Å². The highest BCUT2D eigenvalue weighted by molar-refractivity contribution is 7.07. The zero-order chi connectivity index (χ0) is 26.2. The molecule has 4 rings (SSSR count). The number of carboxylic acid groups (broad SMARTS) is 1. The number of hydrogen-bond acceptors (Lipinski definition) is 6. The third kappa shape index (κ3) is 7.94. The Morgan fingerprint density at radius 2 is 1.94 bits per heavy atom. The monoisotopic (exact) mass is 528 g/mol. The minimum Gasteiger partial charge on any atom is -0.487 e. The van der Waals surface area contributed by atoms with E-state index in [1.165, 1.54) is 11.1 Å². The van der Waals surface area contributed by atoms with Crippen LogP contribution in [0.4, 0.5) is 13.2 Å². The van der Waals surface area contributed by atoms with Gasteiger partial charge in [-0.1, -0.05) is 18.2 Å². The van der Waals surface area contributed by atoms with Crippen molar-refractivity contribution in [3.05, 3.63) is 52.2 Å². The molecule has 3 heterocycles. The van der Waals surface area contributed by atoms with Gasteiger partial charge in [0.25, 0.3) is 0 Å². The van der Waals surface area contributed by atoms with E-state index < -0.39 is 12.1 Å². The fraction of sp³-hybridized carbons (Fsp3) is 0.520. The first-order chi connectivity index (χ1) is 17.1. The summed E-state index contributed by atoms with van der Waals surface area (Å²) >= 11 is 1.76. The number of likely N-dealkylation sites (tertiary alicyclic amines) is 1. The molecule has 1 saturated heterocycles. The van der Waals surface area contributed by atoms with Crippen molar-refractivity contribution in [3.8, 4) is 5.75 Å². The number of nitrogens with one attached hydrogen (secondary N) is 1. The number of rotatable bonds is 7. The number of hydrogen-bond donors (Lipinski definition) is 2. The van der Waals surface area contributed by atoms with Gasteiger partial charge in [-0.15, -0.1) is 0 Å². The number of amides is 1. The van der Waals surface area contributed by atoms with Crippen molar-refractivity contribution in [2.75, 3.05) is 33.4 Å². The largest absolute Gasteiger partial charge is 0.490 e. The highest BCUT2D eigenvalue weighted by Crippen LogP contribution is 2.46. The molecule has 2 aliphatic heterocycles. The maximum absolute atomic E-state index is 12.5. The summed E-state index contributed by atoms with van der Waals surface area (Å²) in [6, 6.07) is 10.4. The highest BCUT2D eigenvalue weighted by Gasteiger charge is 2.43. The summed E-state index contributed by atoms with van der Waals surface area (Å²) in [7, 11) is 1.65. The summed E-state index contributed by atoms with van der Waals surface area (Å²) in [6.07, 6.45) is -1.65. The smallest absolute Gasteiger partial charge is 0.487 e. The Hall–Kier alpha value is -2.63. The molecule has 2 aliphatic rings. The first kappa shape index (κ1) is 27.9. The summed E-state index contributed by atoms with van der Waals surface area (Å²) in [5, 5.41) is 14.5. The molecule has 1 amide bonds. The van der Waals surface area contributed by atoms with Crippen LogP contribution in [0.5, 0.6) is 5.75 Å². The van der Waals surface area contributed by atoms with Crippen molar-refractivity contribution < 1.29 is 37.3 Å². The topological polar surface area (TPSA) is 88.1 Å². The van der Waals surface area contributed by atoms with Crippen LogP contribution in [-0.4, -0.2) is 67.0 Å². The van der Waals surface area contributed by atoms with Crippen molar-refractivity contribution in [3.63, 3.8) is 0 Å². The number of carboxylic acids is 1. The van der Waals surface area contributed by atoms with Crippen molar-refractivity contribution in [2.24, 2.45) is 0 Å². The van der Waals surface area contributed by atoms with Crippen LogP contribution >= 0.6 is 11.3 Å². The fourth-order valence-electron chi connectivity index (χ4n) is 4.58. The van der Waals surface area contributed by atoms with Gasteiger partial charge in [-0.2, -0.15) is 24.5 Å². The highest BCUT2D eigenvalue weighted by atomic mass is 32.1. The Morgan fingerprint density at radius 1 is 1.25 bits per heavy atom. The van der Waals surface area contributed by atoms with Crippen LogP contribution in [0.3, 0.4) is 0 Å². The molecular weight excluding hydrogens is 497 g/mol. The summed E-state index contributed by atoms with van der Waals surface area (Å²) in [5.41, 5.74) is 2.41. The number of ether oxygens (including phenoxy) is 2. The number of carbonyl (C=O) groups excluding carboxylic acids is 1. The van der Waals surface area contributed by atoms with Crippen LogP contribution in [0.2, 0.25) is 0 Å². The van der Waals surface area contributed by atoms with E-state index >= 15 is 0 Å². The Kier molecular flexibility index (Phi) is 9.75. The number of alkyl halides is 3. The van der Waals surface area contributed by atoms with Gasteiger partial charge in [-0.05, 0) is 53.3 Å². The Bertz CT molecular complexity index is 992. The number of para-hydroxylation sites is 1. The number of fused-ring (bicyclic) bond motifs is 1. The Balaban J connectivity index is 0.000000454. The third-order valence-electron chi connectivity index (χ3n) is 6.36. The van der Waals surface area contributed by atoms with Crippen molar-refractivity contribution in [1.29, 1.82) is 0 Å². The van der Waals surface area contributed by atoms with Crippen LogP contribution in [-0.2, 0) is 20.9 Å². The second-order valence-electron chi connectivity index (χ2n) is 8.98. The number of carbonyl (C=O) groups is 2. The molecule has 1 atom stereocenters. The van der Waals surface area contributed by atoms with E-state index in [1.54, 1.807) is 18.4 Å². The molecule has 1 aromatic heterocycles. The van der Waals surface area contributed by atoms with E-state index in [4.69, 9.17) is 19.4 Å². The van der Waals surface area contributed by atoms with E-state index in [0.717, 1.165) is 44.6 Å². The second kappa shape index (κ2) is 12.6. The lowest BCUT2D eigenvalue weighted by Gasteiger charge is -2.47. The molecule has 11 heteroatoms. The van der Waals surface area contributed by atoms with E-state index in [2.05, 4.69) is 39.2 Å². The van der Waals surface area contributed by atoms with Crippen molar-refractivity contribution in [2.45, 2.75) is 49.9 Å². The lowest BCUT2D eigenvalue weighted by molar-refractivity contribution is -0.192. The van der Waals surface area contributed by atoms with Crippen LogP contribution in [0.1, 0.15) is 42.7 Å². The number of aliphatic carboxylic acids is 1. The maximum Gasteiger partial charge on any atom is 0.490 e. The van der Waals surface area contributed by atoms with Gasteiger partial charge < -0.3 is 19.9 Å². The number of piperidine rings is 1. The molecule has 0 bridgehead atoms. The molecule has 1 aromatic carbocycles. The average Bonchev–Trinajstić information content (AvgIpc) is 3.34. The van der Waals surface area contributed by atoms with Crippen LogP contribution in [0.25, 0.3) is 0 Å². The lowest BCUT2D eigenvalue weighted by Crippen LogP contribution is -2.50. The van der Waals surface area contributed by atoms with Crippen LogP contribution < -0.4 is 10.1 Å². The predicted molar refractivity (Wildman–Crippen MR) is 129 cm³/mol. The summed E-state index contributed by atoms with van der Waals surface area (Å²) in [5.74, 6) is -1.51. The first-order valence-corrected chi connectivity index (χ1v) is 12.6. The van der Waals surface area contributed by atoms with E-state index in [1.807, 2.05) is 12.1 Å². The van der Waals surface area contributed by atoms with Gasteiger partial charge in [0.15, 0.2) is 0 Å². The second-order valence-corrected chi connectivity index (χ2v) is 9.76. The minimum atomic E-state index is -5.08. The SMILES string of the molecule is COCCNC(=O)CC1CC2(CCN(Cc3ccsc3)CC2)Oc2ccccc21.O=C(O)C(F)(F)F. The van der Waals surface area contributed by atoms with Gasteiger partial charge in [-0.25, -0.2) is 4.79 Å². The quantitative estimate of drug-likeness (QED) is 0.517. The minimum absolute atomic E-state index is 0.0915. The number of benzene rings is 1. The van der Waals surface area contributed by atoms with E-state index in [9.17, 15) is 18.0 Å². The van der Waals surface area contributed by atoms with Gasteiger partial charge in [0.2, 0.25) is 5.91 Å². The van der Waals surface area contributed by atoms with E-state index in [0.29, 0.717) is 19.6 Å². The maximum atomic E-state index is 12.5. The lowest BCUT2D eigenvalue weighted by atomic mass is 9.76. The standard InChI is InChI=1S/C23H30N2O3S.C2HF3O2/c1-27-12-9-24-22(26)14-19-15-23(28-21-5-3-2-4-20(19)21)7-10-25(11-8-23)16-18-6-13-29-17-18;3-2(4,5)1(6)7/h2-6,13,17,19H,7-12,14-16H2,1H3,(H,24,26);(H,6,7). The molecule has 7 nitrogen and oxygen atoms in total. The normalized spacial score (nSPS) is 18.9. The Morgan fingerprint density at radius 3 is 2.56 bits per heavy atom. The first-order valence-electron chi connectivity index (χ1n) is 11.7. The number of methoxy groups -OCH3 is 1. The number of nitrogens with zero attached hydrogens (tertiary/aromatic N) is 1. The molecule has 36 heavy (non-hydrogen) atoms. The molecule has 1 fully saturated rings. The van der Waals surface area contributed by atoms with Crippen molar-refractivity contribution in [1.82, 2.24) is 10.2 Å². The fourth-order valence-corrected chi connectivity index (χ4v) is 5.24. The molecule has 2 N–H and O–H groups in total. The molecule has 0 aliphatic carbocycles. The molecule has 2 aromatic rings. The predicted octanol–water partition coefficient (Wildman–Crippen LogP) is 4.44. The number of halogens is 3. The van der Waals surface area contributed by atoms with E-state index in [-0.39, 0.29) is 17.4 Å². The summed E-state index contributed by atoms with van der Waals surface area (Å²) in [4.78, 5) is 23.9. The molecule has 0 radical (unpaired) electrons. The average molecular weight is 529 g/mol. The van der Waals surface area contributed by atoms with Gasteiger partial charge in [0, 0.05) is 45.6 Å². The summed E-state index contributed by atoms with van der Waals surface area (Å²) in [6.45, 7) is 4.18. The van der Waals surface area contributed by atoms with Gasteiger partial charge in [-0.3, -0.25) is 9.69 Å². The molecule has 198 valence electrons. The number of thiophene rings is 1. The van der Waals surface area contributed by atoms with Crippen molar-refractivity contribution >= 4 is 23.2 Å². The van der Waals surface area contributed by atoms with Crippen LogP contribution in [0.15, 0.2) is 41.1 Å². The molecule has 0 saturated carbocycles. The van der Waals surface area contributed by atoms with Gasteiger partial charge in [0.05, 0.1) is 6.61 Å². The zero-order valence-electron chi connectivity index (χ0n) is 20.1. The zero-order valence-corrected chi connectivity index (χ0v) is 20.9. The van der Waals surface area contributed by atoms with Crippen LogP contribution in [0, 0.1) is 0 Å². The molecular formula is C25H31F3N2O5S. The molecule has 1 unspecified atom stereocenters. The van der Waals surface area contributed by atoms with Gasteiger partial charge >= 0.3 is 12.1 Å². The summed E-state index contributed by atoms with van der Waals surface area (Å²) < 4.78 is 43.4. The third-order valence-corrected chi connectivity index (χ3v) is 7.09. The molecule has 1 spiro atoms.